The minimum absolute atomic E-state index is 0.0634. The van der Waals surface area contributed by atoms with Crippen LogP contribution in [0.5, 0.6) is 0 Å². The fourth-order valence-electron chi connectivity index (χ4n) is 5.07. The fraction of sp³-hybridized carbons (Fsp3) is 0.743. The predicted molar refractivity (Wildman–Crippen MR) is 198 cm³/mol. The molecule has 0 aromatic rings. The zero-order chi connectivity index (χ0) is 41.7. The van der Waals surface area contributed by atoms with E-state index in [-0.39, 0.29) is 30.6 Å². The summed E-state index contributed by atoms with van der Waals surface area (Å²) in [6.07, 6.45) is 1.15. The van der Waals surface area contributed by atoms with Crippen LogP contribution in [0.25, 0.3) is 0 Å². The first kappa shape index (κ1) is 48.2. The zero-order valence-corrected chi connectivity index (χ0v) is 34.0. The SMILES string of the molecule is CC(C)CCC(=O)N(C)C(=O)N(C)C(=O)N(C)C(=O)NC(=O)N(C)CC(=O)N(C)[C@@H](CC(C)C)C(=O)N[C@H](C(=O)N(C)[C@@H](CC(C)C)C(N)=O)C(C)C. The fourth-order valence-corrected chi connectivity index (χ4v) is 5.07. The highest BCUT2D eigenvalue weighted by Crippen LogP contribution is 2.17. The van der Waals surface area contributed by atoms with Gasteiger partial charge >= 0.3 is 24.1 Å². The van der Waals surface area contributed by atoms with Crippen molar-refractivity contribution in [2.75, 3.05) is 48.8 Å². The van der Waals surface area contributed by atoms with E-state index in [9.17, 15) is 43.2 Å². The molecule has 0 aliphatic carbocycles. The largest absolute Gasteiger partial charge is 0.368 e. The maximum absolute atomic E-state index is 13.7. The number of hydrogen-bond donors (Lipinski definition) is 3. The van der Waals surface area contributed by atoms with E-state index in [2.05, 4.69) is 5.32 Å². The van der Waals surface area contributed by atoms with E-state index in [0.29, 0.717) is 22.6 Å². The van der Waals surface area contributed by atoms with Gasteiger partial charge in [-0.05, 0) is 42.9 Å². The van der Waals surface area contributed by atoms with Gasteiger partial charge in [-0.15, -0.1) is 0 Å². The summed E-state index contributed by atoms with van der Waals surface area (Å²) in [6.45, 7) is 14.2. The number of carbonyl (C=O) groups is 9. The highest BCUT2D eigenvalue weighted by atomic mass is 16.2. The molecule has 302 valence electrons. The van der Waals surface area contributed by atoms with Crippen molar-refractivity contribution in [1.82, 2.24) is 40.0 Å². The van der Waals surface area contributed by atoms with Gasteiger partial charge in [0.15, 0.2) is 0 Å². The topological polar surface area (TPSA) is 223 Å². The first-order valence-corrected chi connectivity index (χ1v) is 17.8. The summed E-state index contributed by atoms with van der Waals surface area (Å²) >= 11 is 0. The Balaban J connectivity index is 5.73. The van der Waals surface area contributed by atoms with Gasteiger partial charge in [-0.1, -0.05) is 55.4 Å². The Hall–Kier alpha value is -4.77. The third-order valence-corrected chi connectivity index (χ3v) is 8.62. The molecule has 13 amide bonds. The summed E-state index contributed by atoms with van der Waals surface area (Å²) in [7, 11) is 7.37. The molecule has 0 aliphatic heterocycles. The lowest BCUT2D eigenvalue weighted by Crippen LogP contribution is -2.59. The van der Waals surface area contributed by atoms with Crippen molar-refractivity contribution in [3.8, 4) is 0 Å². The summed E-state index contributed by atoms with van der Waals surface area (Å²) in [5.41, 5.74) is 5.59. The molecule has 4 N–H and O–H groups in total. The van der Waals surface area contributed by atoms with E-state index in [0.717, 1.165) is 28.8 Å². The number of urea groups is 4. The number of amides is 13. The normalized spacial score (nSPS) is 12.8. The number of imide groups is 4. The van der Waals surface area contributed by atoms with Gasteiger partial charge in [0.25, 0.3) is 0 Å². The molecule has 0 aromatic carbocycles. The van der Waals surface area contributed by atoms with Crippen LogP contribution in [0.15, 0.2) is 0 Å². The van der Waals surface area contributed by atoms with Gasteiger partial charge in [0.2, 0.25) is 29.5 Å². The van der Waals surface area contributed by atoms with Crippen molar-refractivity contribution in [2.24, 2.45) is 29.4 Å². The summed E-state index contributed by atoms with van der Waals surface area (Å²) in [6, 6.07) is -7.36. The average molecular weight is 754 g/mol. The lowest BCUT2D eigenvalue weighted by molar-refractivity contribution is -0.145. The van der Waals surface area contributed by atoms with Gasteiger partial charge in [0, 0.05) is 48.7 Å². The van der Waals surface area contributed by atoms with Gasteiger partial charge in [0.05, 0.1) is 0 Å². The van der Waals surface area contributed by atoms with Crippen LogP contribution in [0.3, 0.4) is 0 Å². The van der Waals surface area contributed by atoms with Gasteiger partial charge in [-0.2, -0.15) is 0 Å². The lowest BCUT2D eigenvalue weighted by Gasteiger charge is -2.35. The minimum atomic E-state index is -1.21. The first-order valence-electron chi connectivity index (χ1n) is 17.8. The van der Waals surface area contributed by atoms with E-state index in [1.54, 1.807) is 13.8 Å². The van der Waals surface area contributed by atoms with Gasteiger partial charge in [-0.25, -0.2) is 29.0 Å². The molecule has 18 nitrogen and oxygen atoms in total. The molecular formula is C35H63N9O9. The number of nitrogens with two attached hydrogens (primary N) is 1. The Bertz CT molecular complexity index is 1350. The molecule has 0 bridgehead atoms. The summed E-state index contributed by atoms with van der Waals surface area (Å²) < 4.78 is 0. The summed E-state index contributed by atoms with van der Waals surface area (Å²) in [5, 5.41) is 4.72. The molecule has 0 saturated heterocycles. The molecule has 53 heavy (non-hydrogen) atoms. The summed E-state index contributed by atoms with van der Waals surface area (Å²) in [4.78, 5) is 121. The molecule has 0 heterocycles. The Morgan fingerprint density at radius 2 is 1.08 bits per heavy atom. The van der Waals surface area contributed by atoms with Crippen LogP contribution in [0.4, 0.5) is 19.2 Å². The smallest absolute Gasteiger partial charge is 0.335 e. The average Bonchev–Trinajstić information content (AvgIpc) is 3.07. The predicted octanol–water partition coefficient (Wildman–Crippen LogP) is 2.12. The van der Waals surface area contributed by atoms with Crippen LogP contribution in [0.2, 0.25) is 0 Å². The Morgan fingerprint density at radius 3 is 1.53 bits per heavy atom. The molecule has 0 aromatic heterocycles. The molecule has 0 rings (SSSR count). The molecule has 3 atom stereocenters. The zero-order valence-electron chi connectivity index (χ0n) is 34.0. The number of nitrogens with one attached hydrogen (secondary N) is 2. The van der Waals surface area contributed by atoms with Crippen molar-refractivity contribution in [1.29, 1.82) is 0 Å². The second-order valence-electron chi connectivity index (χ2n) is 15.0. The van der Waals surface area contributed by atoms with Gasteiger partial charge in [0.1, 0.15) is 24.7 Å². The molecule has 0 unspecified atom stereocenters. The van der Waals surface area contributed by atoms with E-state index < -0.39 is 84.2 Å². The van der Waals surface area contributed by atoms with E-state index in [1.807, 2.05) is 46.9 Å². The molecule has 0 spiro atoms. The van der Waals surface area contributed by atoms with Crippen LogP contribution in [-0.4, -0.2) is 150 Å². The number of rotatable bonds is 16. The lowest BCUT2D eigenvalue weighted by atomic mass is 9.97. The second-order valence-corrected chi connectivity index (χ2v) is 15.0. The number of primary amides is 1. The van der Waals surface area contributed by atoms with E-state index in [4.69, 9.17) is 5.73 Å². The van der Waals surface area contributed by atoms with Gasteiger partial charge < -0.3 is 25.8 Å². The molecule has 0 aliphatic rings. The van der Waals surface area contributed by atoms with Crippen LogP contribution < -0.4 is 16.4 Å². The third kappa shape index (κ3) is 15.0. The highest BCUT2D eigenvalue weighted by Gasteiger charge is 2.37. The number of hydrogen-bond acceptors (Lipinski definition) is 9. The van der Waals surface area contributed by atoms with E-state index >= 15 is 0 Å². The maximum Gasteiger partial charge on any atom is 0.335 e. The van der Waals surface area contributed by atoms with Crippen molar-refractivity contribution in [2.45, 2.75) is 99.2 Å². The van der Waals surface area contributed by atoms with Crippen molar-refractivity contribution in [3.63, 3.8) is 0 Å². The summed E-state index contributed by atoms with van der Waals surface area (Å²) in [5.74, 6) is -3.18. The molecule has 18 heteroatoms. The third-order valence-electron chi connectivity index (χ3n) is 8.62. The highest BCUT2D eigenvalue weighted by molar-refractivity contribution is 6.07. The second kappa shape index (κ2) is 21.7. The maximum atomic E-state index is 13.7. The molecular weight excluding hydrogens is 690 g/mol. The van der Waals surface area contributed by atoms with Crippen molar-refractivity contribution >= 4 is 53.7 Å². The van der Waals surface area contributed by atoms with Crippen molar-refractivity contribution < 1.29 is 43.2 Å². The Kier molecular flexibility index (Phi) is 19.7. The van der Waals surface area contributed by atoms with Crippen LogP contribution in [-0.2, 0) is 24.0 Å². The number of nitrogens with zero attached hydrogens (tertiary/aromatic N) is 6. The number of carbonyl (C=O) groups excluding carboxylic acids is 9. The number of likely N-dealkylation sites (N-methyl/N-ethyl adjacent to an activating group) is 3. The minimum Gasteiger partial charge on any atom is -0.368 e. The molecule has 0 radical (unpaired) electrons. The van der Waals surface area contributed by atoms with Crippen molar-refractivity contribution in [3.05, 3.63) is 0 Å². The van der Waals surface area contributed by atoms with Gasteiger partial charge in [-0.3, -0.25) is 34.2 Å². The van der Waals surface area contributed by atoms with Crippen LogP contribution in [0, 0.1) is 23.7 Å². The first-order chi connectivity index (χ1) is 24.3. The molecule has 0 saturated carbocycles. The van der Waals surface area contributed by atoms with Crippen LogP contribution >= 0.6 is 0 Å². The molecule has 0 fully saturated rings. The van der Waals surface area contributed by atoms with Crippen LogP contribution in [0.1, 0.15) is 81.1 Å². The van der Waals surface area contributed by atoms with E-state index in [1.165, 1.54) is 33.1 Å². The Morgan fingerprint density at radius 1 is 0.585 bits per heavy atom. The quantitative estimate of drug-likeness (QED) is 0.210. The standard InChI is InChI=1S/C35H63N9O9/c1-20(2)15-16-26(45)42(12)34(52)44(14)35(53)43(13)33(51)38-32(50)39(9)19-27(46)40(10)25(18-22(5)6)30(48)37-28(23(7)8)31(49)41(11)24(29(36)47)17-21(3)4/h20-25,28H,15-19H2,1-14H3,(H2,36,47)(H,37,48)(H,38,50,51)/t24-,25-,28-/m0/s1. The Labute approximate surface area is 314 Å². The monoisotopic (exact) mass is 753 g/mol.